The fourth-order valence-corrected chi connectivity index (χ4v) is 4.52. The number of hydrogen-bond acceptors (Lipinski definition) is 3. The molecule has 1 unspecified atom stereocenters. The molecule has 1 atom stereocenters. The maximum Gasteiger partial charge on any atom is 0.392 e. The number of nitriles is 1. The molecule has 2 N–H and O–H groups in total. The lowest BCUT2D eigenvalue weighted by Gasteiger charge is -2.25. The smallest absolute Gasteiger partial charge is 0.363 e. The molecule has 1 aliphatic carbocycles. The van der Waals surface area contributed by atoms with E-state index in [2.05, 4.69) is 4.98 Å². The van der Waals surface area contributed by atoms with E-state index < -0.39 is 39.4 Å². The second kappa shape index (κ2) is 7.09. The standard InChI is InChI=1S/C17H14F5N3O2S/c18-12-7-15(13(19)5-9(12)3-4-23)25-28(26,27)16-8-24-14-6-10(17(20,21)22)1-2-11(14)16/h5,7-8,10,24-25H,1-3,6H2. The summed E-state index contributed by atoms with van der Waals surface area (Å²) in [4.78, 5) is 2.25. The molecule has 1 aliphatic rings. The number of nitrogens with one attached hydrogen (secondary N) is 2. The second-order valence-corrected chi connectivity index (χ2v) is 8.11. The van der Waals surface area contributed by atoms with Crippen LogP contribution in [0.1, 0.15) is 23.2 Å². The first-order chi connectivity index (χ1) is 13.0. The van der Waals surface area contributed by atoms with E-state index in [1.165, 1.54) is 0 Å². The van der Waals surface area contributed by atoms with Crippen LogP contribution in [0, 0.1) is 28.9 Å². The van der Waals surface area contributed by atoms with Crippen molar-refractivity contribution in [3.05, 3.63) is 46.8 Å². The van der Waals surface area contributed by atoms with Crippen LogP contribution in [0.5, 0.6) is 0 Å². The molecule has 0 amide bonds. The first-order valence-electron chi connectivity index (χ1n) is 8.16. The molecule has 150 valence electrons. The lowest BCUT2D eigenvalue weighted by Crippen LogP contribution is -2.29. The zero-order valence-corrected chi connectivity index (χ0v) is 15.0. The summed E-state index contributed by atoms with van der Waals surface area (Å²) in [5, 5.41) is 8.57. The van der Waals surface area contributed by atoms with Crippen LogP contribution in [0.4, 0.5) is 27.6 Å². The fourth-order valence-electron chi connectivity index (χ4n) is 3.20. The Hall–Kier alpha value is -2.61. The van der Waals surface area contributed by atoms with Gasteiger partial charge in [0.1, 0.15) is 16.5 Å². The number of halogens is 5. The number of benzene rings is 1. The van der Waals surface area contributed by atoms with Crippen molar-refractivity contribution < 1.29 is 30.4 Å². The third-order valence-corrected chi connectivity index (χ3v) is 6.07. The topological polar surface area (TPSA) is 85.8 Å². The Morgan fingerprint density at radius 2 is 1.96 bits per heavy atom. The van der Waals surface area contributed by atoms with Crippen molar-refractivity contribution in [3.63, 3.8) is 0 Å². The first-order valence-corrected chi connectivity index (χ1v) is 9.64. The predicted octanol–water partition coefficient (Wildman–Crippen LogP) is 3.83. The normalized spacial score (nSPS) is 17.1. The van der Waals surface area contributed by atoms with E-state index in [4.69, 9.17) is 5.26 Å². The highest BCUT2D eigenvalue weighted by atomic mass is 32.2. The minimum atomic E-state index is -4.38. The van der Waals surface area contributed by atoms with Gasteiger partial charge in [-0.2, -0.15) is 18.4 Å². The summed E-state index contributed by atoms with van der Waals surface area (Å²) >= 11 is 0. The monoisotopic (exact) mass is 419 g/mol. The SMILES string of the molecule is N#CCc1cc(F)c(NS(=O)(=O)c2c[nH]c3c2CCC(C(F)(F)F)C3)cc1F. The van der Waals surface area contributed by atoms with Crippen LogP contribution in [-0.2, 0) is 29.3 Å². The molecule has 0 aliphatic heterocycles. The highest BCUT2D eigenvalue weighted by Gasteiger charge is 2.42. The molecule has 5 nitrogen and oxygen atoms in total. The van der Waals surface area contributed by atoms with Gasteiger partial charge >= 0.3 is 6.18 Å². The predicted molar refractivity (Wildman–Crippen MR) is 88.8 cm³/mol. The number of aromatic nitrogens is 1. The maximum atomic E-state index is 14.1. The molecular weight excluding hydrogens is 405 g/mol. The summed E-state index contributed by atoms with van der Waals surface area (Å²) in [6, 6.07) is 3.00. The van der Waals surface area contributed by atoms with Crippen molar-refractivity contribution in [2.45, 2.75) is 36.8 Å². The van der Waals surface area contributed by atoms with E-state index in [1.807, 2.05) is 4.72 Å². The van der Waals surface area contributed by atoms with Crippen LogP contribution in [-0.4, -0.2) is 19.6 Å². The van der Waals surface area contributed by atoms with E-state index in [1.54, 1.807) is 6.07 Å². The third kappa shape index (κ3) is 3.82. The summed E-state index contributed by atoms with van der Waals surface area (Å²) < 4.78 is 93.8. The van der Waals surface area contributed by atoms with E-state index in [9.17, 15) is 30.4 Å². The molecular formula is C17H14F5N3O2S. The summed E-state index contributed by atoms with van der Waals surface area (Å²) in [5.41, 5.74) is -0.516. The van der Waals surface area contributed by atoms with Crippen LogP contribution < -0.4 is 4.72 Å². The van der Waals surface area contributed by atoms with Crippen LogP contribution in [0.25, 0.3) is 0 Å². The summed E-state index contributed by atoms with van der Waals surface area (Å²) in [6.07, 6.45) is -4.47. The Labute approximate surface area is 157 Å². The van der Waals surface area contributed by atoms with E-state index in [-0.39, 0.29) is 47.4 Å². The molecule has 0 bridgehead atoms. The molecule has 1 aromatic heterocycles. The number of rotatable bonds is 4. The highest BCUT2D eigenvalue weighted by molar-refractivity contribution is 7.92. The fraction of sp³-hybridized carbons (Fsp3) is 0.353. The highest BCUT2D eigenvalue weighted by Crippen LogP contribution is 2.39. The molecule has 0 saturated carbocycles. The zero-order chi connectivity index (χ0) is 20.7. The third-order valence-electron chi connectivity index (χ3n) is 4.63. The minimum absolute atomic E-state index is 0.114. The van der Waals surface area contributed by atoms with Crippen molar-refractivity contribution in [3.8, 4) is 6.07 Å². The molecule has 1 heterocycles. The molecule has 3 rings (SSSR count). The summed E-state index contributed by atoms with van der Waals surface area (Å²) in [6.45, 7) is 0. The van der Waals surface area contributed by atoms with Gasteiger partial charge in [-0.25, -0.2) is 17.2 Å². The largest absolute Gasteiger partial charge is 0.392 e. The van der Waals surface area contributed by atoms with Crippen molar-refractivity contribution in [2.24, 2.45) is 5.92 Å². The van der Waals surface area contributed by atoms with E-state index >= 15 is 0 Å². The average Bonchev–Trinajstić information content (AvgIpc) is 3.02. The Balaban J connectivity index is 1.89. The second-order valence-electron chi connectivity index (χ2n) is 6.46. The van der Waals surface area contributed by atoms with Gasteiger partial charge in [0.2, 0.25) is 0 Å². The van der Waals surface area contributed by atoms with Gasteiger partial charge in [0, 0.05) is 23.5 Å². The van der Waals surface area contributed by atoms with Crippen LogP contribution in [0.3, 0.4) is 0 Å². The Bertz CT molecular complexity index is 1050. The lowest BCUT2D eigenvalue weighted by atomic mass is 9.87. The van der Waals surface area contributed by atoms with Gasteiger partial charge in [-0.3, -0.25) is 4.72 Å². The number of sulfonamides is 1. The molecule has 11 heteroatoms. The summed E-state index contributed by atoms with van der Waals surface area (Å²) in [5.74, 6) is -3.59. The van der Waals surface area contributed by atoms with Crippen LogP contribution in [0.2, 0.25) is 0 Å². The number of nitrogens with zero attached hydrogens (tertiary/aromatic N) is 1. The van der Waals surface area contributed by atoms with Gasteiger partial charge < -0.3 is 4.98 Å². The average molecular weight is 419 g/mol. The van der Waals surface area contributed by atoms with Gasteiger partial charge in [-0.1, -0.05) is 0 Å². The lowest BCUT2D eigenvalue weighted by molar-refractivity contribution is -0.177. The molecule has 2 aromatic rings. The zero-order valence-electron chi connectivity index (χ0n) is 14.2. The molecule has 28 heavy (non-hydrogen) atoms. The molecule has 0 saturated heterocycles. The first kappa shape index (κ1) is 20.1. The van der Waals surface area contributed by atoms with Crippen LogP contribution >= 0.6 is 0 Å². The number of alkyl halides is 3. The molecule has 0 fully saturated rings. The molecule has 0 spiro atoms. The van der Waals surface area contributed by atoms with E-state index in [0.29, 0.717) is 6.07 Å². The molecule has 1 aromatic carbocycles. The van der Waals surface area contributed by atoms with Gasteiger partial charge in [0.25, 0.3) is 10.0 Å². The van der Waals surface area contributed by atoms with Gasteiger partial charge in [0.15, 0.2) is 0 Å². The van der Waals surface area contributed by atoms with Gasteiger partial charge in [-0.05, 0) is 30.9 Å². The maximum absolute atomic E-state index is 14.1. The van der Waals surface area contributed by atoms with Gasteiger partial charge in [0.05, 0.1) is 24.1 Å². The molecule has 0 radical (unpaired) electrons. The van der Waals surface area contributed by atoms with Crippen molar-refractivity contribution in [1.29, 1.82) is 5.26 Å². The quantitative estimate of drug-likeness (QED) is 0.739. The van der Waals surface area contributed by atoms with Gasteiger partial charge in [-0.15, -0.1) is 0 Å². The van der Waals surface area contributed by atoms with Crippen LogP contribution in [0.15, 0.2) is 23.2 Å². The number of hydrogen-bond donors (Lipinski definition) is 2. The van der Waals surface area contributed by atoms with Crippen molar-refractivity contribution in [2.75, 3.05) is 4.72 Å². The van der Waals surface area contributed by atoms with E-state index in [0.717, 1.165) is 12.3 Å². The minimum Gasteiger partial charge on any atom is -0.363 e. The van der Waals surface area contributed by atoms with Crippen molar-refractivity contribution in [1.82, 2.24) is 4.98 Å². The number of anilines is 1. The Morgan fingerprint density at radius 3 is 2.61 bits per heavy atom. The Morgan fingerprint density at radius 1 is 1.25 bits per heavy atom. The number of H-pyrrole nitrogens is 1. The Kier molecular flexibility index (Phi) is 5.10. The number of fused-ring (bicyclic) bond motifs is 1. The number of aromatic amines is 1. The summed E-state index contributed by atoms with van der Waals surface area (Å²) in [7, 11) is -4.36. The van der Waals surface area contributed by atoms with Crippen molar-refractivity contribution >= 4 is 15.7 Å².